The molecule has 3 heterocycles. The van der Waals surface area contributed by atoms with Crippen LogP contribution in [0, 0.1) is 0 Å². The van der Waals surface area contributed by atoms with Crippen LogP contribution in [0.1, 0.15) is 30.2 Å². The van der Waals surface area contributed by atoms with E-state index in [1.807, 2.05) is 59.1 Å². The number of amides is 1. The molecular formula is C21H24N4O3. The van der Waals surface area contributed by atoms with Gasteiger partial charge in [-0.2, -0.15) is 4.98 Å². The zero-order chi connectivity index (χ0) is 19.5. The minimum atomic E-state index is 0.103. The molecule has 1 fully saturated rings. The van der Waals surface area contributed by atoms with Crippen LogP contribution in [0.4, 0.5) is 0 Å². The van der Waals surface area contributed by atoms with E-state index in [1.54, 1.807) is 7.11 Å². The van der Waals surface area contributed by atoms with Gasteiger partial charge in [-0.15, -0.1) is 0 Å². The van der Waals surface area contributed by atoms with Crippen LogP contribution in [0.3, 0.4) is 0 Å². The molecule has 0 aliphatic carbocycles. The van der Waals surface area contributed by atoms with E-state index in [4.69, 9.17) is 9.26 Å². The number of likely N-dealkylation sites (tertiary alicyclic amines) is 1. The van der Waals surface area contributed by atoms with Crippen molar-refractivity contribution >= 4 is 5.91 Å². The van der Waals surface area contributed by atoms with Gasteiger partial charge in [0.2, 0.25) is 17.6 Å². The average Bonchev–Trinajstić information content (AvgIpc) is 3.46. The monoisotopic (exact) mass is 380 g/mol. The fourth-order valence-electron chi connectivity index (χ4n) is 3.59. The first-order valence-electron chi connectivity index (χ1n) is 9.50. The van der Waals surface area contributed by atoms with Crippen LogP contribution in [0.2, 0.25) is 0 Å². The van der Waals surface area contributed by atoms with Gasteiger partial charge in [-0.05, 0) is 42.7 Å². The molecule has 0 radical (unpaired) electrons. The summed E-state index contributed by atoms with van der Waals surface area (Å²) in [5, 5.41) is 4.10. The lowest BCUT2D eigenvalue weighted by atomic mass is 10.1. The van der Waals surface area contributed by atoms with E-state index < -0.39 is 0 Å². The lowest BCUT2D eigenvalue weighted by Crippen LogP contribution is -2.28. The predicted molar refractivity (Wildman–Crippen MR) is 104 cm³/mol. The summed E-state index contributed by atoms with van der Waals surface area (Å²) < 4.78 is 12.6. The van der Waals surface area contributed by atoms with Gasteiger partial charge >= 0.3 is 0 Å². The third-order valence-corrected chi connectivity index (χ3v) is 5.29. The Hall–Kier alpha value is -3.09. The molecule has 0 saturated carbocycles. The molecule has 1 amide bonds. The van der Waals surface area contributed by atoms with Crippen LogP contribution in [0.5, 0.6) is 5.75 Å². The summed E-state index contributed by atoms with van der Waals surface area (Å²) in [5.41, 5.74) is 2.05. The van der Waals surface area contributed by atoms with Gasteiger partial charge in [0.05, 0.1) is 18.7 Å². The van der Waals surface area contributed by atoms with E-state index in [0.29, 0.717) is 24.7 Å². The molecule has 4 rings (SSSR count). The van der Waals surface area contributed by atoms with Gasteiger partial charge in [-0.3, -0.25) is 4.79 Å². The highest BCUT2D eigenvalue weighted by Crippen LogP contribution is 2.28. The number of carbonyl (C=O) groups excluding carboxylic acids is 1. The fraction of sp³-hybridized carbons (Fsp3) is 0.381. The molecule has 1 aliphatic heterocycles. The van der Waals surface area contributed by atoms with E-state index in [0.717, 1.165) is 36.4 Å². The van der Waals surface area contributed by atoms with Crippen LogP contribution >= 0.6 is 0 Å². The lowest BCUT2D eigenvalue weighted by Gasteiger charge is -2.15. The highest BCUT2D eigenvalue weighted by atomic mass is 16.5. The smallest absolute Gasteiger partial charge is 0.231 e. The minimum Gasteiger partial charge on any atom is -0.497 e. The normalized spacial score (nSPS) is 16.5. The molecule has 7 heteroatoms. The van der Waals surface area contributed by atoms with Gasteiger partial charge in [0.1, 0.15) is 5.75 Å². The molecule has 7 nitrogen and oxygen atoms in total. The van der Waals surface area contributed by atoms with Gasteiger partial charge in [-0.25, -0.2) is 0 Å². The maximum Gasteiger partial charge on any atom is 0.231 e. The largest absolute Gasteiger partial charge is 0.497 e. The van der Waals surface area contributed by atoms with Crippen molar-refractivity contribution in [2.75, 3.05) is 20.2 Å². The van der Waals surface area contributed by atoms with Crippen molar-refractivity contribution < 1.29 is 14.1 Å². The zero-order valence-electron chi connectivity index (χ0n) is 16.2. The summed E-state index contributed by atoms with van der Waals surface area (Å²) >= 11 is 0. The minimum absolute atomic E-state index is 0.103. The highest BCUT2D eigenvalue weighted by molar-refractivity contribution is 5.76. The number of rotatable bonds is 6. The lowest BCUT2D eigenvalue weighted by molar-refractivity contribution is -0.130. The number of benzene rings is 1. The van der Waals surface area contributed by atoms with Crippen LogP contribution in [-0.2, 0) is 18.3 Å². The number of ether oxygens (including phenoxy) is 1. The Balaban J connectivity index is 1.33. The second-order valence-corrected chi connectivity index (χ2v) is 7.13. The van der Waals surface area contributed by atoms with Gasteiger partial charge in [-0.1, -0.05) is 17.3 Å². The highest BCUT2D eigenvalue weighted by Gasteiger charge is 2.31. The van der Waals surface area contributed by atoms with Gasteiger partial charge in [0.15, 0.2) is 0 Å². The van der Waals surface area contributed by atoms with E-state index in [2.05, 4.69) is 10.1 Å². The molecule has 0 N–H and O–H groups in total. The molecule has 0 bridgehead atoms. The van der Waals surface area contributed by atoms with Crippen molar-refractivity contribution in [3.63, 3.8) is 0 Å². The Morgan fingerprint density at radius 2 is 2.11 bits per heavy atom. The summed E-state index contributed by atoms with van der Waals surface area (Å²) in [5.74, 6) is 2.30. The number of nitrogens with zero attached hydrogens (tertiary/aromatic N) is 4. The second-order valence-electron chi connectivity index (χ2n) is 7.13. The number of aromatic nitrogens is 3. The molecule has 1 atom stereocenters. The Labute approximate surface area is 163 Å². The molecular weight excluding hydrogens is 356 g/mol. The van der Waals surface area contributed by atoms with Crippen LogP contribution in [0.15, 0.2) is 47.1 Å². The fourth-order valence-corrected chi connectivity index (χ4v) is 3.59. The quantitative estimate of drug-likeness (QED) is 0.657. The van der Waals surface area contributed by atoms with E-state index in [1.165, 1.54) is 0 Å². The third-order valence-electron chi connectivity index (χ3n) is 5.29. The van der Waals surface area contributed by atoms with Crippen molar-refractivity contribution in [2.45, 2.75) is 25.2 Å². The number of methoxy groups -OCH3 is 1. The molecule has 0 spiro atoms. The van der Waals surface area contributed by atoms with Crippen molar-refractivity contribution in [1.29, 1.82) is 0 Å². The van der Waals surface area contributed by atoms with Crippen molar-refractivity contribution in [3.8, 4) is 17.3 Å². The molecule has 146 valence electrons. The topological polar surface area (TPSA) is 73.4 Å². The Morgan fingerprint density at radius 3 is 2.82 bits per heavy atom. The first-order chi connectivity index (χ1) is 13.6. The third kappa shape index (κ3) is 3.78. The SMILES string of the molecule is COc1ccc(CCC(=O)N2CCC(c3nc(-c4cccn4C)no3)C2)cc1. The Morgan fingerprint density at radius 1 is 1.29 bits per heavy atom. The number of aryl methyl sites for hydroxylation is 2. The van der Waals surface area contributed by atoms with Gasteiger partial charge in [0.25, 0.3) is 0 Å². The summed E-state index contributed by atoms with van der Waals surface area (Å²) in [4.78, 5) is 19.0. The summed E-state index contributed by atoms with van der Waals surface area (Å²) in [7, 11) is 3.60. The van der Waals surface area contributed by atoms with E-state index in [9.17, 15) is 4.79 Å². The zero-order valence-corrected chi connectivity index (χ0v) is 16.2. The van der Waals surface area contributed by atoms with Gasteiger partial charge < -0.3 is 18.7 Å². The molecule has 1 unspecified atom stereocenters. The van der Waals surface area contributed by atoms with Crippen molar-refractivity contribution in [1.82, 2.24) is 19.6 Å². The number of carbonyl (C=O) groups is 1. The average molecular weight is 380 g/mol. The standard InChI is InChI=1S/C21H24N4O3/c1-24-12-3-4-18(24)20-22-21(28-23-20)16-11-13-25(14-16)19(26)10-7-15-5-8-17(27-2)9-6-15/h3-6,8-9,12,16H,7,10-11,13-14H2,1-2H3. The molecule has 1 aliphatic rings. The van der Waals surface area contributed by atoms with E-state index >= 15 is 0 Å². The summed E-state index contributed by atoms with van der Waals surface area (Å²) in [6.07, 6.45) is 4.02. The predicted octanol–water partition coefficient (Wildman–Crippen LogP) is 3.03. The molecule has 2 aromatic heterocycles. The number of hydrogen-bond donors (Lipinski definition) is 0. The molecule has 1 aromatic carbocycles. The van der Waals surface area contributed by atoms with Crippen LogP contribution < -0.4 is 4.74 Å². The first-order valence-corrected chi connectivity index (χ1v) is 9.50. The molecule has 28 heavy (non-hydrogen) atoms. The molecule has 3 aromatic rings. The second kappa shape index (κ2) is 7.88. The first kappa shape index (κ1) is 18.3. The van der Waals surface area contributed by atoms with Crippen LogP contribution in [-0.4, -0.2) is 45.7 Å². The summed E-state index contributed by atoms with van der Waals surface area (Å²) in [6, 6.07) is 11.8. The Bertz CT molecular complexity index is 945. The number of hydrogen-bond acceptors (Lipinski definition) is 5. The van der Waals surface area contributed by atoms with Gasteiger partial charge in [0, 0.05) is 32.8 Å². The van der Waals surface area contributed by atoms with Crippen LogP contribution in [0.25, 0.3) is 11.5 Å². The maximum atomic E-state index is 12.6. The van der Waals surface area contributed by atoms with Crippen molar-refractivity contribution in [3.05, 3.63) is 54.0 Å². The van der Waals surface area contributed by atoms with E-state index in [-0.39, 0.29) is 11.8 Å². The molecule has 1 saturated heterocycles. The Kier molecular flexibility index (Phi) is 5.14. The van der Waals surface area contributed by atoms with Crippen molar-refractivity contribution in [2.24, 2.45) is 7.05 Å². The maximum absolute atomic E-state index is 12.6. The summed E-state index contributed by atoms with van der Waals surface area (Å²) in [6.45, 7) is 1.37.